The lowest BCUT2D eigenvalue weighted by molar-refractivity contribution is 0.306. The van der Waals surface area contributed by atoms with E-state index in [4.69, 9.17) is 4.74 Å². The van der Waals surface area contributed by atoms with E-state index in [2.05, 4.69) is 61.5 Å². The molecule has 0 bridgehead atoms. The maximum atomic E-state index is 5.90. The standard InChI is InChI=1S/C22H22O/c1-2-3-5-8-18-11-12-21-16-22(14-13-20(21)15-18)23-17-19-9-6-4-7-10-19/h4-16H,2-3,17H2,1H3. The number of hydrogen-bond donors (Lipinski definition) is 0. The molecule has 0 atom stereocenters. The Balaban J connectivity index is 1.73. The van der Waals surface area contributed by atoms with Crippen molar-refractivity contribution < 1.29 is 4.74 Å². The molecule has 0 spiro atoms. The van der Waals surface area contributed by atoms with E-state index in [0.717, 1.165) is 12.2 Å². The number of benzene rings is 3. The smallest absolute Gasteiger partial charge is 0.120 e. The molecular weight excluding hydrogens is 280 g/mol. The van der Waals surface area contributed by atoms with E-state index in [1.807, 2.05) is 24.3 Å². The molecule has 23 heavy (non-hydrogen) atoms. The van der Waals surface area contributed by atoms with E-state index >= 15 is 0 Å². The maximum absolute atomic E-state index is 5.90. The molecule has 1 nitrogen and oxygen atoms in total. The number of rotatable bonds is 6. The van der Waals surface area contributed by atoms with Crippen molar-refractivity contribution in [1.82, 2.24) is 0 Å². The minimum Gasteiger partial charge on any atom is -0.489 e. The van der Waals surface area contributed by atoms with Gasteiger partial charge >= 0.3 is 0 Å². The molecule has 0 aliphatic heterocycles. The number of fused-ring (bicyclic) bond motifs is 1. The SMILES string of the molecule is CCCC=Cc1ccc2cc(OCc3ccccc3)ccc2c1. The summed E-state index contributed by atoms with van der Waals surface area (Å²) in [5.74, 6) is 0.913. The Morgan fingerprint density at radius 2 is 1.65 bits per heavy atom. The molecule has 0 saturated heterocycles. The van der Waals surface area contributed by atoms with E-state index < -0.39 is 0 Å². The quantitative estimate of drug-likeness (QED) is 0.524. The highest BCUT2D eigenvalue weighted by molar-refractivity contribution is 5.86. The van der Waals surface area contributed by atoms with Gasteiger partial charge in [0.2, 0.25) is 0 Å². The average molecular weight is 302 g/mol. The second-order valence-corrected chi connectivity index (χ2v) is 5.73. The van der Waals surface area contributed by atoms with Gasteiger partial charge in [0.1, 0.15) is 12.4 Å². The molecule has 116 valence electrons. The monoisotopic (exact) mass is 302 g/mol. The lowest BCUT2D eigenvalue weighted by Crippen LogP contribution is -1.94. The summed E-state index contributed by atoms with van der Waals surface area (Å²) in [4.78, 5) is 0. The Morgan fingerprint density at radius 1 is 0.870 bits per heavy atom. The first kappa shape index (κ1) is 15.4. The predicted octanol–water partition coefficient (Wildman–Crippen LogP) is 6.23. The lowest BCUT2D eigenvalue weighted by atomic mass is 10.1. The van der Waals surface area contributed by atoms with Crippen molar-refractivity contribution in [2.75, 3.05) is 0 Å². The Bertz CT molecular complexity index is 787. The molecule has 0 fully saturated rings. The van der Waals surface area contributed by atoms with Gasteiger partial charge < -0.3 is 4.74 Å². The molecule has 3 aromatic carbocycles. The summed E-state index contributed by atoms with van der Waals surface area (Å²) in [7, 11) is 0. The maximum Gasteiger partial charge on any atom is 0.120 e. The summed E-state index contributed by atoms with van der Waals surface area (Å²) < 4.78 is 5.90. The Kier molecular flexibility index (Phi) is 5.10. The van der Waals surface area contributed by atoms with Crippen LogP contribution in [0, 0.1) is 0 Å². The predicted molar refractivity (Wildman–Crippen MR) is 98.7 cm³/mol. The molecule has 0 unspecified atom stereocenters. The summed E-state index contributed by atoms with van der Waals surface area (Å²) in [5.41, 5.74) is 2.44. The molecule has 0 aliphatic rings. The van der Waals surface area contributed by atoms with Crippen LogP contribution < -0.4 is 4.74 Å². The number of allylic oxidation sites excluding steroid dienone is 1. The van der Waals surface area contributed by atoms with Crippen LogP contribution in [0.25, 0.3) is 16.8 Å². The van der Waals surface area contributed by atoms with Crippen molar-refractivity contribution >= 4 is 16.8 Å². The van der Waals surface area contributed by atoms with Crippen LogP contribution in [-0.2, 0) is 6.61 Å². The van der Waals surface area contributed by atoms with E-state index in [1.165, 1.54) is 28.3 Å². The van der Waals surface area contributed by atoms with Crippen molar-refractivity contribution in [3.05, 3.63) is 83.9 Å². The van der Waals surface area contributed by atoms with Crippen molar-refractivity contribution in [1.29, 1.82) is 0 Å². The minimum absolute atomic E-state index is 0.601. The zero-order chi connectivity index (χ0) is 15.9. The highest BCUT2D eigenvalue weighted by Crippen LogP contribution is 2.23. The first-order valence-corrected chi connectivity index (χ1v) is 8.22. The van der Waals surface area contributed by atoms with Gasteiger partial charge in [-0.25, -0.2) is 0 Å². The van der Waals surface area contributed by atoms with Gasteiger partial charge in [0.25, 0.3) is 0 Å². The van der Waals surface area contributed by atoms with Crippen molar-refractivity contribution in [3.8, 4) is 5.75 Å². The number of ether oxygens (including phenoxy) is 1. The minimum atomic E-state index is 0.601. The van der Waals surface area contributed by atoms with Crippen LogP contribution >= 0.6 is 0 Å². The van der Waals surface area contributed by atoms with E-state index in [9.17, 15) is 0 Å². The van der Waals surface area contributed by atoms with Crippen LogP contribution in [0.2, 0.25) is 0 Å². The summed E-state index contributed by atoms with van der Waals surface area (Å²) in [6.45, 7) is 2.80. The fourth-order valence-electron chi connectivity index (χ4n) is 2.56. The van der Waals surface area contributed by atoms with Gasteiger partial charge in [-0.1, -0.05) is 74.0 Å². The molecule has 3 rings (SSSR count). The Labute approximate surface area is 138 Å². The molecule has 1 heteroatoms. The normalized spacial score (nSPS) is 11.2. The zero-order valence-electron chi connectivity index (χ0n) is 13.5. The van der Waals surface area contributed by atoms with Gasteiger partial charge in [-0.2, -0.15) is 0 Å². The summed E-state index contributed by atoms with van der Waals surface area (Å²) >= 11 is 0. The van der Waals surface area contributed by atoms with Crippen LogP contribution in [0.4, 0.5) is 0 Å². The van der Waals surface area contributed by atoms with Gasteiger partial charge in [-0.3, -0.25) is 0 Å². The number of unbranched alkanes of at least 4 members (excludes halogenated alkanes) is 1. The van der Waals surface area contributed by atoms with Gasteiger partial charge in [0.15, 0.2) is 0 Å². The summed E-state index contributed by atoms with van der Waals surface area (Å²) in [6.07, 6.45) is 6.75. The number of hydrogen-bond acceptors (Lipinski definition) is 1. The van der Waals surface area contributed by atoms with E-state index in [1.54, 1.807) is 0 Å². The Morgan fingerprint density at radius 3 is 2.48 bits per heavy atom. The van der Waals surface area contributed by atoms with Crippen molar-refractivity contribution in [2.24, 2.45) is 0 Å². The lowest BCUT2D eigenvalue weighted by Gasteiger charge is -2.08. The van der Waals surface area contributed by atoms with E-state index in [0.29, 0.717) is 6.61 Å². The van der Waals surface area contributed by atoms with E-state index in [-0.39, 0.29) is 0 Å². The van der Waals surface area contributed by atoms with Gasteiger partial charge in [-0.15, -0.1) is 0 Å². The van der Waals surface area contributed by atoms with Gasteiger partial charge in [0.05, 0.1) is 0 Å². The third-order valence-electron chi connectivity index (χ3n) is 3.85. The fraction of sp³-hybridized carbons (Fsp3) is 0.182. The second-order valence-electron chi connectivity index (χ2n) is 5.73. The molecule has 0 aromatic heterocycles. The molecule has 0 radical (unpaired) electrons. The molecule has 0 N–H and O–H groups in total. The summed E-state index contributed by atoms with van der Waals surface area (Å²) in [6, 6.07) is 23.1. The van der Waals surface area contributed by atoms with Crippen LogP contribution in [0.5, 0.6) is 5.75 Å². The van der Waals surface area contributed by atoms with Crippen LogP contribution in [0.1, 0.15) is 30.9 Å². The first-order chi connectivity index (χ1) is 11.3. The summed E-state index contributed by atoms with van der Waals surface area (Å²) in [5, 5.41) is 2.46. The van der Waals surface area contributed by atoms with Crippen LogP contribution in [-0.4, -0.2) is 0 Å². The van der Waals surface area contributed by atoms with Crippen LogP contribution in [0.15, 0.2) is 72.8 Å². The Hall–Kier alpha value is -2.54. The van der Waals surface area contributed by atoms with Gasteiger partial charge in [0, 0.05) is 0 Å². The molecular formula is C22H22O. The zero-order valence-corrected chi connectivity index (χ0v) is 13.5. The third-order valence-corrected chi connectivity index (χ3v) is 3.85. The van der Waals surface area contributed by atoms with Crippen molar-refractivity contribution in [3.63, 3.8) is 0 Å². The van der Waals surface area contributed by atoms with Gasteiger partial charge in [-0.05, 0) is 46.5 Å². The average Bonchev–Trinajstić information content (AvgIpc) is 2.61. The van der Waals surface area contributed by atoms with Crippen LogP contribution in [0.3, 0.4) is 0 Å². The molecule has 0 saturated carbocycles. The third kappa shape index (κ3) is 4.23. The van der Waals surface area contributed by atoms with Crippen molar-refractivity contribution in [2.45, 2.75) is 26.4 Å². The molecule has 3 aromatic rings. The largest absolute Gasteiger partial charge is 0.489 e. The topological polar surface area (TPSA) is 9.23 Å². The fourth-order valence-corrected chi connectivity index (χ4v) is 2.56. The highest BCUT2D eigenvalue weighted by Gasteiger charge is 1.99. The highest BCUT2D eigenvalue weighted by atomic mass is 16.5. The molecule has 0 heterocycles. The molecule has 0 amide bonds. The molecule has 0 aliphatic carbocycles. The first-order valence-electron chi connectivity index (χ1n) is 8.22. The second kappa shape index (κ2) is 7.64.